The monoisotopic (exact) mass is 251 g/mol. The summed E-state index contributed by atoms with van der Waals surface area (Å²) in [6, 6.07) is 7.31. The smallest absolute Gasteiger partial charge is 0.254 e. The van der Waals surface area contributed by atoms with Gasteiger partial charge in [0.15, 0.2) is 0 Å². The molecule has 2 atom stereocenters. The molecule has 1 aromatic carbocycles. The molecular weight excluding hydrogens is 230 g/mol. The van der Waals surface area contributed by atoms with Gasteiger partial charge in [0.1, 0.15) is 0 Å². The van der Waals surface area contributed by atoms with E-state index in [1.807, 2.05) is 25.1 Å². The number of rotatable bonds is 5. The third kappa shape index (κ3) is 4.13. The summed E-state index contributed by atoms with van der Waals surface area (Å²) in [6.45, 7) is 5.56. The molecule has 0 heterocycles. The average Bonchev–Trinajstić information content (AvgIpc) is 2.26. The second-order valence-electron chi connectivity index (χ2n) is 4.72. The zero-order valence-electron chi connectivity index (χ0n) is 11.1. The number of aryl methyl sites for hydroxylation is 1. The number of nitrogens with zero attached hydrogens (tertiary/aromatic N) is 1. The van der Waals surface area contributed by atoms with E-state index in [0.29, 0.717) is 5.56 Å². The van der Waals surface area contributed by atoms with Crippen LogP contribution in [0, 0.1) is 6.92 Å². The van der Waals surface area contributed by atoms with Crippen LogP contribution in [0.15, 0.2) is 24.3 Å². The van der Waals surface area contributed by atoms with Crippen molar-refractivity contribution in [3.8, 4) is 0 Å². The van der Waals surface area contributed by atoms with Gasteiger partial charge in [-0.25, -0.2) is 0 Å². The maximum atomic E-state index is 12.3. The van der Waals surface area contributed by atoms with Gasteiger partial charge in [-0.05, 0) is 32.4 Å². The molecule has 1 aromatic rings. The molecule has 2 unspecified atom stereocenters. The minimum absolute atomic E-state index is 0.157. The quantitative estimate of drug-likeness (QED) is 0.826. The van der Waals surface area contributed by atoms with Crippen molar-refractivity contribution in [1.29, 1.82) is 0 Å². The van der Waals surface area contributed by atoms with Crippen LogP contribution in [-0.2, 0) is 0 Å². The first-order chi connectivity index (χ1) is 8.41. The molecular formula is C14H21NO3. The van der Waals surface area contributed by atoms with E-state index >= 15 is 0 Å². The van der Waals surface area contributed by atoms with Crippen LogP contribution in [0.1, 0.15) is 29.8 Å². The molecule has 18 heavy (non-hydrogen) atoms. The van der Waals surface area contributed by atoms with Crippen LogP contribution in [0.2, 0.25) is 0 Å². The highest BCUT2D eigenvalue weighted by atomic mass is 16.3. The number of hydrogen-bond acceptors (Lipinski definition) is 3. The molecule has 0 radical (unpaired) electrons. The third-order valence-corrected chi connectivity index (χ3v) is 2.63. The molecule has 1 amide bonds. The number of aliphatic hydroxyl groups is 2. The first-order valence-corrected chi connectivity index (χ1v) is 6.13. The highest BCUT2D eigenvalue weighted by molar-refractivity contribution is 5.95. The van der Waals surface area contributed by atoms with E-state index in [1.54, 1.807) is 19.9 Å². The molecule has 0 aliphatic heterocycles. The van der Waals surface area contributed by atoms with Gasteiger partial charge in [-0.2, -0.15) is 0 Å². The fourth-order valence-electron chi connectivity index (χ4n) is 1.86. The van der Waals surface area contributed by atoms with E-state index in [0.717, 1.165) is 5.56 Å². The average molecular weight is 251 g/mol. The summed E-state index contributed by atoms with van der Waals surface area (Å²) in [6.07, 6.45) is -1.23. The van der Waals surface area contributed by atoms with Crippen LogP contribution in [0.4, 0.5) is 0 Å². The highest BCUT2D eigenvalue weighted by Crippen LogP contribution is 2.11. The summed E-state index contributed by atoms with van der Waals surface area (Å²) in [5.41, 5.74) is 1.50. The Hall–Kier alpha value is -1.39. The van der Waals surface area contributed by atoms with E-state index in [9.17, 15) is 15.0 Å². The van der Waals surface area contributed by atoms with Crippen LogP contribution in [0.5, 0.6) is 0 Å². The van der Waals surface area contributed by atoms with E-state index < -0.39 is 12.2 Å². The number of hydrogen-bond donors (Lipinski definition) is 2. The fraction of sp³-hybridized carbons (Fsp3) is 0.500. The number of carbonyl (C=O) groups excluding carboxylic acids is 1. The van der Waals surface area contributed by atoms with Crippen molar-refractivity contribution in [3.63, 3.8) is 0 Å². The van der Waals surface area contributed by atoms with Gasteiger partial charge < -0.3 is 15.1 Å². The lowest BCUT2D eigenvalue weighted by Gasteiger charge is -2.26. The van der Waals surface area contributed by atoms with E-state index in [1.165, 1.54) is 4.90 Å². The van der Waals surface area contributed by atoms with Gasteiger partial charge in [-0.3, -0.25) is 4.79 Å². The Kier molecular flexibility index (Phi) is 5.31. The normalized spacial score (nSPS) is 14.1. The Bertz CT molecular complexity index is 392. The molecule has 0 aliphatic carbocycles. The molecule has 4 heteroatoms. The van der Waals surface area contributed by atoms with Gasteiger partial charge in [0.2, 0.25) is 0 Å². The Morgan fingerprint density at radius 2 is 1.67 bits per heavy atom. The fourth-order valence-corrected chi connectivity index (χ4v) is 1.86. The van der Waals surface area contributed by atoms with Crippen molar-refractivity contribution in [2.75, 3.05) is 13.1 Å². The molecule has 4 nitrogen and oxygen atoms in total. The van der Waals surface area contributed by atoms with E-state index in [4.69, 9.17) is 0 Å². The van der Waals surface area contributed by atoms with Crippen LogP contribution in [-0.4, -0.2) is 46.3 Å². The topological polar surface area (TPSA) is 60.8 Å². The molecule has 1 rings (SSSR count). The van der Waals surface area contributed by atoms with Gasteiger partial charge >= 0.3 is 0 Å². The summed E-state index contributed by atoms with van der Waals surface area (Å²) in [4.78, 5) is 13.8. The molecule has 0 fully saturated rings. The second kappa shape index (κ2) is 6.52. The van der Waals surface area contributed by atoms with Gasteiger partial charge in [0.05, 0.1) is 12.2 Å². The molecule has 0 bridgehead atoms. The van der Waals surface area contributed by atoms with Crippen LogP contribution < -0.4 is 0 Å². The van der Waals surface area contributed by atoms with Crippen molar-refractivity contribution in [2.45, 2.75) is 33.0 Å². The van der Waals surface area contributed by atoms with Crippen LogP contribution >= 0.6 is 0 Å². The minimum Gasteiger partial charge on any atom is -0.392 e. The Labute approximate surface area is 108 Å². The van der Waals surface area contributed by atoms with E-state index in [2.05, 4.69) is 0 Å². The first-order valence-electron chi connectivity index (χ1n) is 6.13. The lowest BCUT2D eigenvalue weighted by atomic mass is 10.1. The first kappa shape index (κ1) is 14.7. The molecule has 0 saturated carbocycles. The molecule has 2 N–H and O–H groups in total. The van der Waals surface area contributed by atoms with Crippen LogP contribution in [0.3, 0.4) is 0 Å². The lowest BCUT2D eigenvalue weighted by Crippen LogP contribution is -2.41. The SMILES string of the molecule is Cc1ccccc1C(=O)N(CC(C)O)CC(C)O. The zero-order chi connectivity index (χ0) is 13.7. The van der Waals surface area contributed by atoms with E-state index in [-0.39, 0.29) is 19.0 Å². The number of carbonyl (C=O) groups is 1. The van der Waals surface area contributed by atoms with Gasteiger partial charge in [0, 0.05) is 18.7 Å². The molecule has 0 spiro atoms. The van der Waals surface area contributed by atoms with Gasteiger partial charge in [-0.1, -0.05) is 18.2 Å². The van der Waals surface area contributed by atoms with Crippen molar-refractivity contribution < 1.29 is 15.0 Å². The van der Waals surface area contributed by atoms with Gasteiger partial charge in [-0.15, -0.1) is 0 Å². The standard InChI is InChI=1S/C14H21NO3/c1-10-6-4-5-7-13(10)14(18)15(8-11(2)16)9-12(3)17/h4-7,11-12,16-17H,8-9H2,1-3H3. The third-order valence-electron chi connectivity index (χ3n) is 2.63. The maximum absolute atomic E-state index is 12.3. The van der Waals surface area contributed by atoms with Crippen LogP contribution in [0.25, 0.3) is 0 Å². The number of amides is 1. The Balaban J connectivity index is 2.91. The maximum Gasteiger partial charge on any atom is 0.254 e. The van der Waals surface area contributed by atoms with Crippen molar-refractivity contribution in [2.24, 2.45) is 0 Å². The Morgan fingerprint density at radius 1 is 1.17 bits per heavy atom. The second-order valence-corrected chi connectivity index (χ2v) is 4.72. The lowest BCUT2D eigenvalue weighted by molar-refractivity contribution is 0.0517. The summed E-state index contributed by atoms with van der Waals surface area (Å²) in [5, 5.41) is 18.9. The number of benzene rings is 1. The number of aliphatic hydroxyl groups excluding tert-OH is 2. The Morgan fingerprint density at radius 3 is 2.11 bits per heavy atom. The largest absolute Gasteiger partial charge is 0.392 e. The van der Waals surface area contributed by atoms with Crippen molar-refractivity contribution in [3.05, 3.63) is 35.4 Å². The minimum atomic E-state index is -0.614. The van der Waals surface area contributed by atoms with Crippen molar-refractivity contribution >= 4 is 5.91 Å². The highest BCUT2D eigenvalue weighted by Gasteiger charge is 2.20. The predicted molar refractivity (Wildman–Crippen MR) is 70.4 cm³/mol. The molecule has 0 saturated heterocycles. The van der Waals surface area contributed by atoms with Gasteiger partial charge in [0.25, 0.3) is 5.91 Å². The predicted octanol–water partition coefficient (Wildman–Crippen LogP) is 1.20. The summed E-state index contributed by atoms with van der Waals surface area (Å²) in [7, 11) is 0. The summed E-state index contributed by atoms with van der Waals surface area (Å²) < 4.78 is 0. The van der Waals surface area contributed by atoms with Crippen molar-refractivity contribution in [1.82, 2.24) is 4.90 Å². The summed E-state index contributed by atoms with van der Waals surface area (Å²) in [5.74, 6) is -0.157. The summed E-state index contributed by atoms with van der Waals surface area (Å²) >= 11 is 0. The molecule has 0 aromatic heterocycles. The molecule has 0 aliphatic rings. The molecule has 100 valence electrons. The zero-order valence-corrected chi connectivity index (χ0v) is 11.1.